The zero-order valence-electron chi connectivity index (χ0n) is 21.3. The van der Waals surface area contributed by atoms with Gasteiger partial charge in [-0.3, -0.25) is 14.6 Å². The number of amides is 1. The number of hydrogen-bond donors (Lipinski definition) is 0. The second kappa shape index (κ2) is 10.8. The predicted molar refractivity (Wildman–Crippen MR) is 144 cm³/mol. The van der Waals surface area contributed by atoms with Crippen LogP contribution in [0, 0.1) is 23.7 Å². The van der Waals surface area contributed by atoms with Crippen LogP contribution in [0.4, 0.5) is 5.82 Å². The van der Waals surface area contributed by atoms with Crippen molar-refractivity contribution in [2.75, 3.05) is 38.2 Å². The van der Waals surface area contributed by atoms with Crippen molar-refractivity contribution in [3.05, 3.63) is 41.6 Å². The standard InChI is InChI=1S/C28H36N4O3S/c1-18(7-6-13-29-2)19-12-14-31(15-19)27(33)21-10-11-24(30-26(21)36-20-8-4-5-9-20)32-16-22-23(17-32)25(22)28(34)35-3/h6-7,10-11,13,19-20,22-23,25H,2,4-5,8-9,12,14-17H2,1,3H3/b13-6-,18-7+/t19?,22-,23+,25?. The molecular formula is C28H36N4O3S. The number of piperidine rings is 1. The van der Waals surface area contributed by atoms with E-state index in [-0.39, 0.29) is 17.8 Å². The van der Waals surface area contributed by atoms with Gasteiger partial charge in [0.25, 0.3) is 5.91 Å². The summed E-state index contributed by atoms with van der Waals surface area (Å²) in [6.07, 6.45) is 11.5. The minimum Gasteiger partial charge on any atom is -0.469 e. The fourth-order valence-corrected chi connectivity index (χ4v) is 7.41. The number of aromatic nitrogens is 1. The molecule has 1 aromatic rings. The van der Waals surface area contributed by atoms with Gasteiger partial charge in [-0.1, -0.05) is 24.5 Å². The van der Waals surface area contributed by atoms with Crippen molar-refractivity contribution in [1.29, 1.82) is 0 Å². The molecule has 1 aromatic heterocycles. The number of likely N-dealkylation sites (tertiary alicyclic amines) is 1. The summed E-state index contributed by atoms with van der Waals surface area (Å²) in [5.74, 6) is 2.05. The maximum atomic E-state index is 13.7. The first-order valence-corrected chi connectivity index (χ1v) is 14.0. The van der Waals surface area contributed by atoms with Gasteiger partial charge in [-0.15, -0.1) is 11.8 Å². The minimum atomic E-state index is -0.0848. The van der Waals surface area contributed by atoms with Gasteiger partial charge in [0.1, 0.15) is 10.8 Å². The summed E-state index contributed by atoms with van der Waals surface area (Å²) in [5.41, 5.74) is 1.99. The highest BCUT2D eigenvalue weighted by Gasteiger charge is 2.60. The number of hydrogen-bond acceptors (Lipinski definition) is 7. The number of nitrogens with zero attached hydrogens (tertiary/aromatic N) is 4. The van der Waals surface area contributed by atoms with E-state index in [1.54, 1.807) is 18.0 Å². The van der Waals surface area contributed by atoms with Crippen LogP contribution < -0.4 is 4.90 Å². The first-order valence-electron chi connectivity index (χ1n) is 13.1. The molecule has 0 spiro atoms. The highest BCUT2D eigenvalue weighted by atomic mass is 32.2. The number of carbonyl (C=O) groups is 2. The maximum Gasteiger partial charge on any atom is 0.309 e. The van der Waals surface area contributed by atoms with Crippen LogP contribution in [0.3, 0.4) is 0 Å². The Morgan fingerprint density at radius 3 is 2.61 bits per heavy atom. The highest BCUT2D eigenvalue weighted by molar-refractivity contribution is 7.99. The molecule has 4 atom stereocenters. The van der Waals surface area contributed by atoms with E-state index in [1.807, 2.05) is 23.1 Å². The molecule has 2 saturated heterocycles. The third-order valence-electron chi connectivity index (χ3n) is 8.32. The summed E-state index contributed by atoms with van der Waals surface area (Å²) in [6, 6.07) is 3.98. The number of thioether (sulfide) groups is 1. The molecule has 2 aliphatic carbocycles. The lowest BCUT2D eigenvalue weighted by Crippen LogP contribution is -2.30. The van der Waals surface area contributed by atoms with Crippen molar-refractivity contribution >= 4 is 36.2 Å². The Morgan fingerprint density at radius 1 is 1.17 bits per heavy atom. The number of methoxy groups -OCH3 is 1. The van der Waals surface area contributed by atoms with Gasteiger partial charge in [0.2, 0.25) is 0 Å². The van der Waals surface area contributed by atoms with E-state index in [0.29, 0.717) is 23.0 Å². The van der Waals surface area contributed by atoms with Crippen LogP contribution in [-0.2, 0) is 9.53 Å². The highest BCUT2D eigenvalue weighted by Crippen LogP contribution is 2.53. The van der Waals surface area contributed by atoms with E-state index < -0.39 is 0 Å². The number of carbonyl (C=O) groups excluding carboxylic acids is 2. The lowest BCUT2D eigenvalue weighted by Gasteiger charge is -2.24. The Balaban J connectivity index is 1.31. The maximum absolute atomic E-state index is 13.7. The number of esters is 1. The molecule has 7 nitrogen and oxygen atoms in total. The van der Waals surface area contributed by atoms with Crippen molar-refractivity contribution in [2.24, 2.45) is 28.7 Å². The predicted octanol–water partition coefficient (Wildman–Crippen LogP) is 4.59. The molecule has 2 aliphatic heterocycles. The molecule has 36 heavy (non-hydrogen) atoms. The molecule has 5 rings (SSSR count). The largest absolute Gasteiger partial charge is 0.469 e. The molecule has 4 fully saturated rings. The van der Waals surface area contributed by atoms with Gasteiger partial charge in [0.05, 0.1) is 18.6 Å². The van der Waals surface area contributed by atoms with E-state index in [2.05, 4.69) is 29.6 Å². The number of anilines is 1. The lowest BCUT2D eigenvalue weighted by molar-refractivity contribution is -0.142. The van der Waals surface area contributed by atoms with Gasteiger partial charge in [0, 0.05) is 37.6 Å². The zero-order valence-corrected chi connectivity index (χ0v) is 22.1. The average Bonchev–Trinajstić information content (AvgIpc) is 3.40. The lowest BCUT2D eigenvalue weighted by atomic mass is 9.99. The van der Waals surface area contributed by atoms with Gasteiger partial charge >= 0.3 is 5.97 Å². The summed E-state index contributed by atoms with van der Waals surface area (Å²) in [4.78, 5) is 38.7. The number of ether oxygens (including phenoxy) is 1. The quantitative estimate of drug-likeness (QED) is 0.290. The Kier molecular flexibility index (Phi) is 7.51. The molecule has 0 bridgehead atoms. The number of fused-ring (bicyclic) bond motifs is 1. The molecule has 2 saturated carbocycles. The Bertz CT molecular complexity index is 1070. The summed E-state index contributed by atoms with van der Waals surface area (Å²) in [6.45, 7) is 8.74. The Morgan fingerprint density at radius 2 is 1.92 bits per heavy atom. The molecule has 3 heterocycles. The average molecular weight is 509 g/mol. The van der Waals surface area contributed by atoms with E-state index in [4.69, 9.17) is 9.72 Å². The number of allylic oxidation sites excluding steroid dienone is 2. The third kappa shape index (κ3) is 5.10. The summed E-state index contributed by atoms with van der Waals surface area (Å²) < 4.78 is 4.95. The van der Waals surface area contributed by atoms with Crippen molar-refractivity contribution in [2.45, 2.75) is 49.3 Å². The number of pyridine rings is 1. The fourth-order valence-electron chi connectivity index (χ4n) is 6.10. The SMILES string of the molecule is C=N/C=C\C=C(/C)C1CCN(C(=O)c2ccc(N3C[C@@H]4C(C(=O)OC)[C@@H]4C3)nc2SC2CCCC2)C1. The Labute approximate surface area is 218 Å². The molecule has 1 amide bonds. The van der Waals surface area contributed by atoms with Gasteiger partial charge < -0.3 is 14.5 Å². The van der Waals surface area contributed by atoms with Crippen molar-refractivity contribution < 1.29 is 14.3 Å². The Hall–Kier alpha value is -2.61. The van der Waals surface area contributed by atoms with Crippen LogP contribution in [0.1, 0.15) is 49.4 Å². The molecule has 0 radical (unpaired) electrons. The molecule has 192 valence electrons. The van der Waals surface area contributed by atoms with E-state index >= 15 is 0 Å². The topological polar surface area (TPSA) is 75.1 Å². The van der Waals surface area contributed by atoms with Gasteiger partial charge in [-0.05, 0) is 68.9 Å². The van der Waals surface area contributed by atoms with Crippen molar-refractivity contribution in [3.8, 4) is 0 Å². The molecule has 8 heteroatoms. The molecule has 0 N–H and O–H groups in total. The molecular weight excluding hydrogens is 472 g/mol. The van der Waals surface area contributed by atoms with Gasteiger partial charge in [0.15, 0.2) is 0 Å². The zero-order chi connectivity index (χ0) is 25.2. The van der Waals surface area contributed by atoms with Crippen LogP contribution in [0.15, 0.2) is 46.1 Å². The van der Waals surface area contributed by atoms with Crippen LogP contribution in [0.2, 0.25) is 0 Å². The van der Waals surface area contributed by atoms with Crippen LogP contribution >= 0.6 is 11.8 Å². The van der Waals surface area contributed by atoms with Crippen LogP contribution in [0.25, 0.3) is 0 Å². The molecule has 0 aromatic carbocycles. The third-order valence-corrected chi connectivity index (χ3v) is 9.66. The van der Waals surface area contributed by atoms with E-state index in [1.165, 1.54) is 38.4 Å². The van der Waals surface area contributed by atoms with Crippen LogP contribution in [-0.4, -0.2) is 67.0 Å². The van der Waals surface area contributed by atoms with E-state index in [0.717, 1.165) is 49.0 Å². The summed E-state index contributed by atoms with van der Waals surface area (Å²) in [7, 11) is 1.47. The number of aliphatic imine (C=N–C) groups is 1. The first kappa shape index (κ1) is 25.1. The minimum absolute atomic E-state index is 0.0450. The monoisotopic (exact) mass is 508 g/mol. The van der Waals surface area contributed by atoms with Crippen LogP contribution in [0.5, 0.6) is 0 Å². The normalized spacial score (nSPS) is 28.1. The first-order chi connectivity index (χ1) is 17.5. The second-order valence-electron chi connectivity index (χ2n) is 10.5. The fraction of sp³-hybridized carbons (Fsp3) is 0.571. The van der Waals surface area contributed by atoms with Crippen molar-refractivity contribution in [1.82, 2.24) is 9.88 Å². The second-order valence-corrected chi connectivity index (χ2v) is 11.8. The molecule has 2 unspecified atom stereocenters. The summed E-state index contributed by atoms with van der Waals surface area (Å²) in [5, 5.41) is 1.39. The number of rotatable bonds is 8. The van der Waals surface area contributed by atoms with Gasteiger partial charge in [-0.25, -0.2) is 4.98 Å². The smallest absolute Gasteiger partial charge is 0.309 e. The van der Waals surface area contributed by atoms with Crippen molar-refractivity contribution in [3.63, 3.8) is 0 Å². The summed E-state index contributed by atoms with van der Waals surface area (Å²) >= 11 is 1.78. The van der Waals surface area contributed by atoms with E-state index in [9.17, 15) is 9.59 Å². The van der Waals surface area contributed by atoms with Gasteiger partial charge in [-0.2, -0.15) is 0 Å². The molecule has 4 aliphatic rings.